The topological polar surface area (TPSA) is 58.6 Å². The number of amides is 2. The third-order valence-electron chi connectivity index (χ3n) is 6.11. The minimum Gasteiger partial charge on any atom is -0.483 e. The average molecular weight is 519 g/mol. The molecule has 1 unspecified atom stereocenters. The van der Waals surface area contributed by atoms with E-state index < -0.39 is 23.3 Å². The first-order chi connectivity index (χ1) is 17.8. The summed E-state index contributed by atoms with van der Waals surface area (Å²) in [6.07, 6.45) is 0.279. The van der Waals surface area contributed by atoms with Crippen molar-refractivity contribution in [2.24, 2.45) is 0 Å². The maximum absolute atomic E-state index is 14.7. The van der Waals surface area contributed by atoms with Crippen LogP contribution in [0.25, 0.3) is 0 Å². The largest absolute Gasteiger partial charge is 0.483 e. The second-order valence-electron chi connectivity index (χ2n) is 11.6. The van der Waals surface area contributed by atoms with Gasteiger partial charge in [0.25, 0.3) is 5.91 Å². The van der Waals surface area contributed by atoms with Gasteiger partial charge in [-0.3, -0.25) is 9.59 Å². The Labute approximate surface area is 226 Å². The SMILES string of the molecule is CC(C)(C)NC(=O)C(Cc1ccccc1)N(Cc1ccccc1F)C(=O)COc1ccccc1C(C)(C)C. The van der Waals surface area contributed by atoms with E-state index in [0.717, 1.165) is 11.1 Å². The number of nitrogens with one attached hydrogen (secondary N) is 1. The molecular formula is C32H39FN2O3. The number of hydrogen-bond donors (Lipinski definition) is 1. The highest BCUT2D eigenvalue weighted by atomic mass is 19.1. The second-order valence-corrected chi connectivity index (χ2v) is 11.6. The smallest absolute Gasteiger partial charge is 0.261 e. The molecule has 2 amide bonds. The Kier molecular flexibility index (Phi) is 9.31. The molecule has 0 spiro atoms. The van der Waals surface area contributed by atoms with Gasteiger partial charge in [0, 0.05) is 24.1 Å². The number of carbonyl (C=O) groups is 2. The maximum Gasteiger partial charge on any atom is 0.261 e. The third-order valence-corrected chi connectivity index (χ3v) is 6.11. The molecule has 3 aromatic rings. The molecule has 0 bridgehead atoms. The Balaban J connectivity index is 1.97. The summed E-state index contributed by atoms with van der Waals surface area (Å²) < 4.78 is 20.8. The fraction of sp³-hybridized carbons (Fsp3) is 0.375. The Morgan fingerprint density at radius 3 is 2.11 bits per heavy atom. The lowest BCUT2D eigenvalue weighted by molar-refractivity contribution is -0.143. The molecule has 0 aliphatic carbocycles. The molecule has 3 rings (SSSR count). The Bertz CT molecular complexity index is 1230. The number of ether oxygens (including phenoxy) is 1. The van der Waals surface area contributed by atoms with E-state index in [4.69, 9.17) is 4.74 Å². The predicted molar refractivity (Wildman–Crippen MR) is 149 cm³/mol. The van der Waals surface area contributed by atoms with Crippen molar-refractivity contribution in [1.29, 1.82) is 0 Å². The van der Waals surface area contributed by atoms with E-state index in [1.54, 1.807) is 18.2 Å². The maximum atomic E-state index is 14.7. The molecule has 6 heteroatoms. The van der Waals surface area contributed by atoms with Crippen LogP contribution >= 0.6 is 0 Å². The van der Waals surface area contributed by atoms with Gasteiger partial charge in [0.1, 0.15) is 17.6 Å². The van der Waals surface area contributed by atoms with Gasteiger partial charge in [-0.1, -0.05) is 87.5 Å². The molecular weight excluding hydrogens is 479 g/mol. The lowest BCUT2D eigenvalue weighted by Gasteiger charge is -2.34. The highest BCUT2D eigenvalue weighted by Gasteiger charge is 2.33. The Hall–Kier alpha value is -3.67. The van der Waals surface area contributed by atoms with E-state index in [-0.39, 0.29) is 30.9 Å². The molecule has 1 atom stereocenters. The van der Waals surface area contributed by atoms with Crippen molar-refractivity contribution in [3.63, 3.8) is 0 Å². The summed E-state index contributed by atoms with van der Waals surface area (Å²) >= 11 is 0. The molecule has 38 heavy (non-hydrogen) atoms. The zero-order chi connectivity index (χ0) is 27.9. The minimum atomic E-state index is -0.870. The van der Waals surface area contributed by atoms with Gasteiger partial charge in [0.15, 0.2) is 6.61 Å². The van der Waals surface area contributed by atoms with Gasteiger partial charge in [-0.2, -0.15) is 0 Å². The number of rotatable bonds is 9. The number of para-hydroxylation sites is 1. The zero-order valence-corrected chi connectivity index (χ0v) is 23.3. The van der Waals surface area contributed by atoms with Crippen molar-refractivity contribution in [3.8, 4) is 5.75 Å². The molecule has 5 nitrogen and oxygen atoms in total. The zero-order valence-electron chi connectivity index (χ0n) is 23.3. The fourth-order valence-corrected chi connectivity index (χ4v) is 4.25. The molecule has 3 aromatic carbocycles. The molecule has 0 aromatic heterocycles. The van der Waals surface area contributed by atoms with Gasteiger partial charge in [-0.05, 0) is 49.4 Å². The van der Waals surface area contributed by atoms with Gasteiger partial charge < -0.3 is 15.0 Å². The van der Waals surface area contributed by atoms with Crippen molar-refractivity contribution in [2.45, 2.75) is 71.5 Å². The molecule has 0 saturated heterocycles. The van der Waals surface area contributed by atoms with E-state index in [0.29, 0.717) is 11.3 Å². The van der Waals surface area contributed by atoms with Gasteiger partial charge in [-0.15, -0.1) is 0 Å². The van der Waals surface area contributed by atoms with Crippen molar-refractivity contribution in [1.82, 2.24) is 10.2 Å². The van der Waals surface area contributed by atoms with Crippen LogP contribution in [0.4, 0.5) is 4.39 Å². The summed E-state index contributed by atoms with van der Waals surface area (Å²) in [5.74, 6) is -0.528. The lowest BCUT2D eigenvalue weighted by atomic mass is 9.86. The minimum absolute atomic E-state index is 0.0646. The van der Waals surface area contributed by atoms with Crippen LogP contribution in [0.2, 0.25) is 0 Å². The Morgan fingerprint density at radius 2 is 1.47 bits per heavy atom. The standard InChI is InChI=1S/C32H39FN2O3/c1-31(2,3)25-17-11-13-19-28(25)38-22-29(36)35(21-24-16-10-12-18-26(24)33)27(30(37)34-32(4,5)6)20-23-14-8-7-9-15-23/h7-19,27H,20-22H2,1-6H3,(H,34,37). The van der Waals surface area contributed by atoms with Crippen molar-refractivity contribution >= 4 is 11.8 Å². The number of benzene rings is 3. The van der Waals surface area contributed by atoms with Gasteiger partial charge >= 0.3 is 0 Å². The van der Waals surface area contributed by atoms with Crippen LogP contribution in [0.1, 0.15) is 58.2 Å². The van der Waals surface area contributed by atoms with Crippen LogP contribution in [0.15, 0.2) is 78.9 Å². The molecule has 0 fully saturated rings. The van der Waals surface area contributed by atoms with E-state index in [1.807, 2.05) is 75.4 Å². The normalized spacial score (nSPS) is 12.5. The number of hydrogen-bond acceptors (Lipinski definition) is 3. The highest BCUT2D eigenvalue weighted by molar-refractivity contribution is 5.89. The van der Waals surface area contributed by atoms with Gasteiger partial charge in [0.2, 0.25) is 5.91 Å². The average Bonchev–Trinajstić information content (AvgIpc) is 2.85. The second kappa shape index (κ2) is 12.2. The van der Waals surface area contributed by atoms with E-state index in [2.05, 4.69) is 26.1 Å². The van der Waals surface area contributed by atoms with Crippen LogP contribution in [0.5, 0.6) is 5.75 Å². The van der Waals surface area contributed by atoms with Gasteiger partial charge in [0.05, 0.1) is 0 Å². The van der Waals surface area contributed by atoms with Crippen molar-refractivity contribution in [2.75, 3.05) is 6.61 Å². The van der Waals surface area contributed by atoms with Crippen LogP contribution in [0, 0.1) is 5.82 Å². The molecule has 0 aliphatic rings. The summed E-state index contributed by atoms with van der Waals surface area (Å²) in [6, 6.07) is 22.6. The summed E-state index contributed by atoms with van der Waals surface area (Å²) in [5.41, 5.74) is 1.50. The third kappa shape index (κ3) is 8.17. The molecule has 1 N–H and O–H groups in total. The number of halogens is 1. The quantitative estimate of drug-likeness (QED) is 0.375. The predicted octanol–water partition coefficient (Wildman–Crippen LogP) is 6.06. The number of carbonyl (C=O) groups excluding carboxylic acids is 2. The van der Waals surface area contributed by atoms with E-state index in [9.17, 15) is 14.0 Å². The Morgan fingerprint density at radius 1 is 0.868 bits per heavy atom. The van der Waals surface area contributed by atoms with Crippen LogP contribution in [-0.4, -0.2) is 34.9 Å². The summed E-state index contributed by atoms with van der Waals surface area (Å²) in [4.78, 5) is 28.8. The van der Waals surface area contributed by atoms with Crippen molar-refractivity contribution in [3.05, 3.63) is 101 Å². The first-order valence-electron chi connectivity index (χ1n) is 13.0. The molecule has 0 heterocycles. The van der Waals surface area contributed by atoms with E-state index >= 15 is 0 Å². The summed E-state index contributed by atoms with van der Waals surface area (Å²) in [5, 5.41) is 3.01. The molecule has 0 radical (unpaired) electrons. The summed E-state index contributed by atoms with van der Waals surface area (Å²) in [6.45, 7) is 11.6. The van der Waals surface area contributed by atoms with Gasteiger partial charge in [-0.25, -0.2) is 4.39 Å². The van der Waals surface area contributed by atoms with Crippen molar-refractivity contribution < 1.29 is 18.7 Å². The highest BCUT2D eigenvalue weighted by Crippen LogP contribution is 2.31. The summed E-state index contributed by atoms with van der Waals surface area (Å²) in [7, 11) is 0. The molecule has 0 saturated carbocycles. The lowest BCUT2D eigenvalue weighted by Crippen LogP contribution is -2.55. The van der Waals surface area contributed by atoms with Crippen LogP contribution in [0.3, 0.4) is 0 Å². The first-order valence-corrected chi connectivity index (χ1v) is 13.0. The van der Waals surface area contributed by atoms with Crippen LogP contribution in [-0.2, 0) is 28.0 Å². The first kappa shape index (κ1) is 28.9. The number of nitrogens with zero attached hydrogens (tertiary/aromatic N) is 1. The van der Waals surface area contributed by atoms with Crippen LogP contribution < -0.4 is 10.1 Å². The molecule has 0 aliphatic heterocycles. The fourth-order valence-electron chi connectivity index (χ4n) is 4.25. The monoisotopic (exact) mass is 518 g/mol. The molecule has 202 valence electrons. The van der Waals surface area contributed by atoms with E-state index in [1.165, 1.54) is 11.0 Å².